The number of hydrogen-bond donors (Lipinski definition) is 0. The number of anilines is 1. The van der Waals surface area contributed by atoms with E-state index in [0.717, 1.165) is 29.1 Å². The second-order valence-corrected chi connectivity index (χ2v) is 10.8. The first-order valence-corrected chi connectivity index (χ1v) is 12.4. The number of fused-ring (bicyclic) bond motifs is 3. The molecule has 1 aliphatic carbocycles. The number of thiophene rings is 1. The van der Waals surface area contributed by atoms with Crippen LogP contribution in [0.4, 0.5) is 5.82 Å². The van der Waals surface area contributed by atoms with Crippen LogP contribution in [0, 0.1) is 0 Å². The molecule has 2 aliphatic rings. The smallest absolute Gasteiger partial charge is 0.213 e. The molecule has 7 nitrogen and oxygen atoms in total. The van der Waals surface area contributed by atoms with Crippen LogP contribution in [0.3, 0.4) is 0 Å². The molecule has 0 atom stereocenters. The molecule has 0 bridgehead atoms. The van der Waals surface area contributed by atoms with Gasteiger partial charge in [-0.25, -0.2) is 18.4 Å². The van der Waals surface area contributed by atoms with Crippen molar-refractivity contribution in [3.8, 4) is 11.4 Å². The zero-order valence-electron chi connectivity index (χ0n) is 16.3. The quantitative estimate of drug-likeness (QED) is 0.635. The second kappa shape index (κ2) is 7.30. The molecule has 3 aromatic rings. The summed E-state index contributed by atoms with van der Waals surface area (Å²) in [6.07, 6.45) is 6.90. The van der Waals surface area contributed by atoms with Crippen LogP contribution in [0.2, 0.25) is 0 Å². The number of hydrogen-bond acceptors (Lipinski definition) is 7. The number of nitrogens with zero attached hydrogens (tertiary/aromatic N) is 5. The molecule has 0 saturated carbocycles. The lowest BCUT2D eigenvalue weighted by atomic mass is 10.1. The molecule has 1 aliphatic heterocycles. The molecular weight excluding hydrogens is 406 g/mol. The highest BCUT2D eigenvalue weighted by Crippen LogP contribution is 2.41. The highest BCUT2D eigenvalue weighted by molar-refractivity contribution is 7.89. The Morgan fingerprint density at radius 1 is 1.14 bits per heavy atom. The van der Waals surface area contributed by atoms with E-state index >= 15 is 0 Å². The highest BCUT2D eigenvalue weighted by Gasteiger charge is 2.30. The van der Waals surface area contributed by atoms with Gasteiger partial charge in [-0.3, -0.25) is 4.98 Å². The monoisotopic (exact) mass is 429 g/mol. The summed E-state index contributed by atoms with van der Waals surface area (Å²) in [6.45, 7) is 3.97. The maximum Gasteiger partial charge on any atom is 0.213 e. The van der Waals surface area contributed by atoms with Crippen LogP contribution < -0.4 is 4.90 Å². The van der Waals surface area contributed by atoms with Gasteiger partial charge in [0.05, 0.1) is 11.1 Å². The minimum atomic E-state index is -3.15. The van der Waals surface area contributed by atoms with Crippen molar-refractivity contribution in [2.24, 2.45) is 0 Å². The summed E-state index contributed by atoms with van der Waals surface area (Å²) < 4.78 is 26.1. The average molecular weight is 430 g/mol. The van der Waals surface area contributed by atoms with Gasteiger partial charge in [-0.1, -0.05) is 0 Å². The van der Waals surface area contributed by atoms with Crippen molar-refractivity contribution in [3.05, 3.63) is 35.0 Å². The number of pyridine rings is 1. The molecule has 0 amide bonds. The molecule has 0 aromatic carbocycles. The van der Waals surface area contributed by atoms with E-state index in [4.69, 9.17) is 9.97 Å². The van der Waals surface area contributed by atoms with Crippen LogP contribution in [-0.4, -0.2) is 59.6 Å². The molecule has 152 valence electrons. The van der Waals surface area contributed by atoms with Crippen molar-refractivity contribution in [1.29, 1.82) is 0 Å². The van der Waals surface area contributed by atoms with Crippen LogP contribution in [0.5, 0.6) is 0 Å². The van der Waals surface area contributed by atoms with Crippen molar-refractivity contribution in [1.82, 2.24) is 19.3 Å². The molecule has 9 heteroatoms. The second-order valence-electron chi connectivity index (χ2n) is 7.44. The van der Waals surface area contributed by atoms with Gasteiger partial charge in [0, 0.05) is 49.0 Å². The Bertz CT molecular complexity index is 1150. The molecule has 5 rings (SSSR count). The van der Waals surface area contributed by atoms with E-state index < -0.39 is 10.0 Å². The molecule has 4 heterocycles. The first kappa shape index (κ1) is 18.9. The minimum Gasteiger partial charge on any atom is -0.353 e. The van der Waals surface area contributed by atoms with E-state index in [0.29, 0.717) is 32.0 Å². The molecule has 3 aromatic heterocycles. The fourth-order valence-electron chi connectivity index (χ4n) is 4.19. The lowest BCUT2D eigenvalue weighted by Gasteiger charge is -2.35. The normalized spacial score (nSPS) is 17.8. The van der Waals surface area contributed by atoms with E-state index in [1.165, 1.54) is 22.2 Å². The van der Waals surface area contributed by atoms with Gasteiger partial charge >= 0.3 is 0 Å². The third kappa shape index (κ3) is 3.31. The standard InChI is InChI=1S/C20H23N5O2S2/c1-2-29(26,27)25-11-9-24(10-12-25)19-17-15-6-3-7-16(15)28-20(17)23-18(22-19)14-5-4-8-21-13-14/h4-5,8,13H,2-3,6-7,9-12H2,1H3. The van der Waals surface area contributed by atoms with E-state index in [1.807, 2.05) is 12.1 Å². The molecule has 29 heavy (non-hydrogen) atoms. The van der Waals surface area contributed by atoms with Crippen LogP contribution >= 0.6 is 11.3 Å². The number of aromatic nitrogens is 3. The van der Waals surface area contributed by atoms with Crippen molar-refractivity contribution in [2.75, 3.05) is 36.8 Å². The third-order valence-corrected chi connectivity index (χ3v) is 8.83. The van der Waals surface area contributed by atoms with Crippen LogP contribution in [-0.2, 0) is 22.9 Å². The fourth-order valence-corrected chi connectivity index (χ4v) is 6.53. The van der Waals surface area contributed by atoms with Gasteiger partial charge < -0.3 is 4.90 Å². The van der Waals surface area contributed by atoms with E-state index in [1.54, 1.807) is 35.0 Å². The van der Waals surface area contributed by atoms with Crippen LogP contribution in [0.25, 0.3) is 21.6 Å². The van der Waals surface area contributed by atoms with Gasteiger partial charge in [0.1, 0.15) is 10.6 Å². The summed E-state index contributed by atoms with van der Waals surface area (Å²) in [5, 5.41) is 1.17. The zero-order valence-corrected chi connectivity index (χ0v) is 18.0. The highest BCUT2D eigenvalue weighted by atomic mass is 32.2. The lowest BCUT2D eigenvalue weighted by Crippen LogP contribution is -2.49. The zero-order chi connectivity index (χ0) is 20.0. The number of rotatable bonds is 4. The third-order valence-electron chi connectivity index (χ3n) is 5.76. The molecule has 0 unspecified atom stereocenters. The van der Waals surface area contributed by atoms with Crippen LogP contribution in [0.15, 0.2) is 24.5 Å². The molecule has 0 N–H and O–H groups in total. The van der Waals surface area contributed by atoms with E-state index in [9.17, 15) is 8.42 Å². The number of sulfonamides is 1. The van der Waals surface area contributed by atoms with Gasteiger partial charge in [-0.2, -0.15) is 4.31 Å². The Balaban J connectivity index is 1.57. The summed E-state index contributed by atoms with van der Waals surface area (Å²) in [5.41, 5.74) is 2.29. The Morgan fingerprint density at radius 2 is 1.97 bits per heavy atom. The van der Waals surface area contributed by atoms with Crippen molar-refractivity contribution >= 4 is 37.4 Å². The summed E-state index contributed by atoms with van der Waals surface area (Å²) in [5.74, 6) is 1.78. The average Bonchev–Trinajstić information content (AvgIpc) is 3.35. The molecule has 1 fully saturated rings. The van der Waals surface area contributed by atoms with Gasteiger partial charge in [-0.05, 0) is 43.9 Å². The van der Waals surface area contributed by atoms with Gasteiger partial charge in [-0.15, -0.1) is 11.3 Å². The molecule has 1 saturated heterocycles. The number of piperazine rings is 1. The molecule has 0 spiro atoms. The first-order chi connectivity index (χ1) is 14.1. The minimum absolute atomic E-state index is 0.147. The summed E-state index contributed by atoms with van der Waals surface area (Å²) in [6, 6.07) is 3.87. The molecule has 0 radical (unpaired) electrons. The Hall–Kier alpha value is -2.10. The maximum atomic E-state index is 12.2. The molecular formula is C20H23N5O2S2. The predicted octanol–water partition coefficient (Wildman–Crippen LogP) is 2.71. The predicted molar refractivity (Wildman–Crippen MR) is 116 cm³/mol. The van der Waals surface area contributed by atoms with Gasteiger partial charge in [0.25, 0.3) is 0 Å². The van der Waals surface area contributed by atoms with Crippen molar-refractivity contribution < 1.29 is 8.42 Å². The Kier molecular flexibility index (Phi) is 4.76. The topological polar surface area (TPSA) is 79.3 Å². The Labute approximate surface area is 174 Å². The summed E-state index contributed by atoms with van der Waals surface area (Å²) in [4.78, 5) is 18.7. The van der Waals surface area contributed by atoms with E-state index in [-0.39, 0.29) is 5.75 Å². The van der Waals surface area contributed by atoms with Gasteiger partial charge in [0.15, 0.2) is 5.82 Å². The lowest BCUT2D eigenvalue weighted by molar-refractivity contribution is 0.385. The van der Waals surface area contributed by atoms with E-state index in [2.05, 4.69) is 9.88 Å². The number of aryl methyl sites for hydroxylation is 2. The summed E-state index contributed by atoms with van der Waals surface area (Å²) in [7, 11) is -3.15. The Morgan fingerprint density at radius 3 is 2.69 bits per heavy atom. The fraction of sp³-hybridized carbons (Fsp3) is 0.450. The largest absolute Gasteiger partial charge is 0.353 e. The van der Waals surface area contributed by atoms with Crippen molar-refractivity contribution in [3.63, 3.8) is 0 Å². The SMILES string of the molecule is CCS(=O)(=O)N1CCN(c2nc(-c3cccnc3)nc3sc4c(c23)CCC4)CC1. The van der Waals surface area contributed by atoms with Gasteiger partial charge in [0.2, 0.25) is 10.0 Å². The first-order valence-electron chi connectivity index (χ1n) is 10.0. The maximum absolute atomic E-state index is 12.2. The summed E-state index contributed by atoms with van der Waals surface area (Å²) >= 11 is 1.78. The van der Waals surface area contributed by atoms with Crippen LogP contribution in [0.1, 0.15) is 23.8 Å². The van der Waals surface area contributed by atoms with Crippen molar-refractivity contribution in [2.45, 2.75) is 26.2 Å².